The second-order valence-corrected chi connectivity index (χ2v) is 11.2. The molecule has 0 atom stereocenters. The lowest BCUT2D eigenvalue weighted by molar-refractivity contribution is 0.0964. The van der Waals surface area contributed by atoms with Crippen LogP contribution in [0.2, 0.25) is 0 Å². The molecule has 9 nitrogen and oxygen atoms in total. The highest BCUT2D eigenvalue weighted by Gasteiger charge is 2.26. The quantitative estimate of drug-likeness (QED) is 0.0911. The molecule has 6 rings (SSSR count). The Kier molecular flexibility index (Phi) is 8.05. The highest BCUT2D eigenvalue weighted by atomic mass is 32.2. The molecular formula is C34H27F2N5O4S. The fraction of sp³-hybridized carbons (Fsp3) is 0.118. The fourth-order valence-electron chi connectivity index (χ4n) is 5.20. The van der Waals surface area contributed by atoms with Crippen LogP contribution in [0.1, 0.15) is 22.8 Å². The SMILES string of the molecule is CNC(=O)c1c(-c2ccc(F)cc2)oc2cc(N(C)SC)c(-c3ccc(C(=N)OC(C)=N)c(-c4nc5c(F)cccc5o4)c3)cc12. The van der Waals surface area contributed by atoms with Gasteiger partial charge in [-0.05, 0) is 60.2 Å². The molecule has 0 bridgehead atoms. The van der Waals surface area contributed by atoms with Gasteiger partial charge in [0, 0.05) is 55.4 Å². The predicted octanol–water partition coefficient (Wildman–Crippen LogP) is 8.27. The van der Waals surface area contributed by atoms with E-state index in [1.165, 1.54) is 50.2 Å². The molecule has 1 amide bonds. The van der Waals surface area contributed by atoms with E-state index < -0.39 is 11.6 Å². The normalized spacial score (nSPS) is 11.2. The Balaban J connectivity index is 1.62. The van der Waals surface area contributed by atoms with Gasteiger partial charge in [-0.25, -0.2) is 13.8 Å². The molecule has 0 spiro atoms. The van der Waals surface area contributed by atoms with Crippen molar-refractivity contribution in [2.75, 3.05) is 24.7 Å². The van der Waals surface area contributed by atoms with Crippen LogP contribution in [0.5, 0.6) is 0 Å². The van der Waals surface area contributed by atoms with E-state index in [9.17, 15) is 13.6 Å². The van der Waals surface area contributed by atoms with Crippen LogP contribution in [0.3, 0.4) is 0 Å². The summed E-state index contributed by atoms with van der Waals surface area (Å²) >= 11 is 1.46. The number of amides is 1. The van der Waals surface area contributed by atoms with Gasteiger partial charge in [-0.3, -0.25) is 15.6 Å². The molecule has 6 aromatic rings. The zero-order chi connectivity index (χ0) is 32.7. The average Bonchev–Trinajstić information content (AvgIpc) is 3.66. The lowest BCUT2D eigenvalue weighted by atomic mass is 9.95. The smallest absolute Gasteiger partial charge is 0.255 e. The van der Waals surface area contributed by atoms with Crippen LogP contribution >= 0.6 is 11.9 Å². The number of hydrogen-bond acceptors (Lipinski definition) is 9. The number of fused-ring (bicyclic) bond motifs is 2. The molecule has 0 radical (unpaired) electrons. The first-order valence-electron chi connectivity index (χ1n) is 14.0. The number of furan rings is 1. The van der Waals surface area contributed by atoms with Crippen LogP contribution in [-0.2, 0) is 4.74 Å². The minimum absolute atomic E-state index is 0.0377. The summed E-state index contributed by atoms with van der Waals surface area (Å²) in [5.41, 5.74) is 4.24. The lowest BCUT2D eigenvalue weighted by Gasteiger charge is -2.20. The molecule has 232 valence electrons. The summed E-state index contributed by atoms with van der Waals surface area (Å²) in [6.07, 6.45) is 1.91. The third-order valence-electron chi connectivity index (χ3n) is 7.41. The van der Waals surface area contributed by atoms with Gasteiger partial charge in [0.25, 0.3) is 5.91 Å². The van der Waals surface area contributed by atoms with Crippen LogP contribution in [0.25, 0.3) is 56.0 Å². The minimum atomic E-state index is -0.556. The van der Waals surface area contributed by atoms with Crippen molar-refractivity contribution in [2.45, 2.75) is 6.92 Å². The van der Waals surface area contributed by atoms with Crippen molar-refractivity contribution in [3.8, 4) is 33.9 Å². The molecule has 0 aliphatic heterocycles. The number of hydrogen-bond donors (Lipinski definition) is 3. The number of benzene rings is 4. The molecule has 0 saturated heterocycles. The van der Waals surface area contributed by atoms with Crippen molar-refractivity contribution in [3.63, 3.8) is 0 Å². The molecule has 2 aromatic heterocycles. The van der Waals surface area contributed by atoms with E-state index in [1.807, 2.05) is 29.7 Å². The van der Waals surface area contributed by atoms with Crippen LogP contribution in [0.15, 0.2) is 81.6 Å². The number of aromatic nitrogens is 1. The number of carbonyl (C=O) groups is 1. The van der Waals surface area contributed by atoms with Gasteiger partial charge in [0.05, 0.1) is 16.8 Å². The number of rotatable bonds is 7. The average molecular weight is 640 g/mol. The molecule has 0 aliphatic carbocycles. The molecule has 4 aromatic carbocycles. The Hall–Kier alpha value is -5.49. The lowest BCUT2D eigenvalue weighted by Crippen LogP contribution is -2.18. The Morgan fingerprint density at radius 3 is 2.37 bits per heavy atom. The molecular weight excluding hydrogens is 612 g/mol. The first-order chi connectivity index (χ1) is 22.1. The first-order valence-corrected chi connectivity index (χ1v) is 15.2. The van der Waals surface area contributed by atoms with Crippen LogP contribution in [-0.4, -0.2) is 43.0 Å². The van der Waals surface area contributed by atoms with Gasteiger partial charge >= 0.3 is 0 Å². The molecule has 3 N–H and O–H groups in total. The van der Waals surface area contributed by atoms with Gasteiger partial charge in [-0.1, -0.05) is 24.1 Å². The Bertz CT molecular complexity index is 2170. The fourth-order valence-corrected chi connectivity index (χ4v) is 5.55. The third kappa shape index (κ3) is 5.47. The zero-order valence-electron chi connectivity index (χ0n) is 25.1. The van der Waals surface area contributed by atoms with Crippen molar-refractivity contribution in [2.24, 2.45) is 0 Å². The number of nitrogens with zero attached hydrogens (tertiary/aromatic N) is 2. The summed E-state index contributed by atoms with van der Waals surface area (Å²) in [5, 5.41) is 19.5. The van der Waals surface area contributed by atoms with Gasteiger partial charge < -0.3 is 23.2 Å². The number of para-hydroxylation sites is 1. The Labute approximate surface area is 266 Å². The van der Waals surface area contributed by atoms with Gasteiger partial charge in [0.1, 0.15) is 22.7 Å². The number of oxazole rings is 1. The van der Waals surface area contributed by atoms with Crippen LogP contribution in [0, 0.1) is 22.5 Å². The van der Waals surface area contributed by atoms with E-state index in [0.29, 0.717) is 39.0 Å². The van der Waals surface area contributed by atoms with E-state index in [4.69, 9.17) is 24.4 Å². The number of halogens is 2. The van der Waals surface area contributed by atoms with Gasteiger partial charge in [0.2, 0.25) is 11.8 Å². The topological polar surface area (TPSA) is 128 Å². The summed E-state index contributed by atoms with van der Waals surface area (Å²) in [5.74, 6) is -1.50. The number of carbonyl (C=O) groups excluding carboxylic acids is 1. The van der Waals surface area contributed by atoms with E-state index in [1.54, 1.807) is 36.4 Å². The Morgan fingerprint density at radius 1 is 0.957 bits per heavy atom. The molecule has 0 unspecified atom stereocenters. The van der Waals surface area contributed by atoms with Crippen molar-refractivity contribution >= 4 is 57.4 Å². The van der Waals surface area contributed by atoms with Crippen molar-refractivity contribution in [1.82, 2.24) is 10.3 Å². The Morgan fingerprint density at radius 2 is 1.70 bits per heavy atom. The molecule has 0 fully saturated rings. The van der Waals surface area contributed by atoms with Crippen molar-refractivity contribution in [1.29, 1.82) is 10.8 Å². The standard InChI is InChI=1S/C34H27F2N5O4S/c1-17(37)43-32(38)21-13-10-19(14-23(21)34-40-30-25(36)6-5-7-27(30)45-34)22-15-24-28(16-26(22)41(3)46-4)44-31(29(24)33(42)39-2)18-8-11-20(35)12-9-18/h5-16,37-38H,1-4H3,(H,39,42). The second kappa shape index (κ2) is 12.1. The maximum atomic E-state index is 14.6. The summed E-state index contributed by atoms with van der Waals surface area (Å²) in [4.78, 5) is 17.7. The van der Waals surface area contributed by atoms with Crippen LogP contribution in [0.4, 0.5) is 14.5 Å². The van der Waals surface area contributed by atoms with Gasteiger partial charge in [0.15, 0.2) is 17.3 Å². The highest BCUT2D eigenvalue weighted by Crippen LogP contribution is 2.43. The summed E-state index contributed by atoms with van der Waals surface area (Å²) < 4.78 is 47.8. The second-order valence-electron chi connectivity index (χ2n) is 10.3. The molecule has 2 heterocycles. The van der Waals surface area contributed by atoms with Gasteiger partial charge in [-0.15, -0.1) is 0 Å². The number of nitrogens with one attached hydrogen (secondary N) is 3. The minimum Gasteiger partial charge on any atom is -0.455 e. The summed E-state index contributed by atoms with van der Waals surface area (Å²) in [6.45, 7) is 1.41. The number of anilines is 1. The first kappa shape index (κ1) is 30.5. The monoisotopic (exact) mass is 639 g/mol. The van der Waals surface area contributed by atoms with E-state index >= 15 is 0 Å². The largest absolute Gasteiger partial charge is 0.455 e. The molecule has 0 aliphatic rings. The predicted molar refractivity (Wildman–Crippen MR) is 177 cm³/mol. The van der Waals surface area contributed by atoms with Crippen LogP contribution < -0.4 is 9.62 Å². The number of ether oxygens (including phenoxy) is 1. The summed E-state index contributed by atoms with van der Waals surface area (Å²) in [7, 11) is 3.40. The molecule has 0 saturated carbocycles. The third-order valence-corrected chi connectivity index (χ3v) is 8.15. The van der Waals surface area contributed by atoms with E-state index in [0.717, 1.165) is 5.69 Å². The highest BCUT2D eigenvalue weighted by molar-refractivity contribution is 7.99. The van der Waals surface area contributed by atoms with E-state index in [-0.39, 0.29) is 45.8 Å². The maximum Gasteiger partial charge on any atom is 0.255 e. The zero-order valence-corrected chi connectivity index (χ0v) is 25.9. The van der Waals surface area contributed by atoms with Crippen molar-refractivity contribution < 1.29 is 27.1 Å². The van der Waals surface area contributed by atoms with Crippen molar-refractivity contribution in [3.05, 3.63) is 95.6 Å². The molecule has 46 heavy (non-hydrogen) atoms. The summed E-state index contributed by atoms with van der Waals surface area (Å²) in [6, 6.07) is 18.9. The molecule has 12 heteroatoms. The van der Waals surface area contributed by atoms with E-state index in [2.05, 4.69) is 10.3 Å². The van der Waals surface area contributed by atoms with Gasteiger partial charge in [-0.2, -0.15) is 0 Å². The maximum absolute atomic E-state index is 14.6.